The van der Waals surface area contributed by atoms with Gasteiger partial charge in [-0.25, -0.2) is 14.4 Å². The summed E-state index contributed by atoms with van der Waals surface area (Å²) in [7, 11) is 0. The lowest BCUT2D eigenvalue weighted by molar-refractivity contribution is 0.388. The largest absolute Gasteiger partial charge is 0.307 e. The van der Waals surface area contributed by atoms with Crippen molar-refractivity contribution in [3.63, 3.8) is 0 Å². The predicted octanol–water partition coefficient (Wildman–Crippen LogP) is 3.43. The standard InChI is InChI=1S/C18H19FN4/c19-14-7-2-1-6-13(14)12-23-17-16(9-5-11-21-17)22-18(23)15-8-3-4-10-20-15/h1-2,5-7,9,11,15,20H,3-4,8,10,12H2. The molecular weight excluding hydrogens is 291 g/mol. The first-order chi connectivity index (χ1) is 11.3. The third-order valence-corrected chi connectivity index (χ3v) is 4.44. The molecule has 1 N–H and O–H groups in total. The number of hydrogen-bond acceptors (Lipinski definition) is 3. The van der Waals surface area contributed by atoms with Crippen molar-refractivity contribution < 1.29 is 4.39 Å². The second kappa shape index (κ2) is 6.08. The Morgan fingerprint density at radius 3 is 2.91 bits per heavy atom. The zero-order valence-corrected chi connectivity index (χ0v) is 12.9. The van der Waals surface area contributed by atoms with Crippen LogP contribution in [0, 0.1) is 5.82 Å². The number of piperidine rings is 1. The molecule has 0 spiro atoms. The summed E-state index contributed by atoms with van der Waals surface area (Å²) in [5, 5.41) is 3.53. The van der Waals surface area contributed by atoms with Gasteiger partial charge >= 0.3 is 0 Å². The Bertz CT molecular complexity index is 821. The Hall–Kier alpha value is -2.27. The van der Waals surface area contributed by atoms with Crippen LogP contribution in [-0.2, 0) is 6.54 Å². The summed E-state index contributed by atoms with van der Waals surface area (Å²) in [5.41, 5.74) is 2.35. The summed E-state index contributed by atoms with van der Waals surface area (Å²) in [4.78, 5) is 9.25. The Morgan fingerprint density at radius 2 is 2.09 bits per heavy atom. The molecule has 4 rings (SSSR count). The van der Waals surface area contributed by atoms with Crippen molar-refractivity contribution >= 4 is 11.2 Å². The maximum absolute atomic E-state index is 14.1. The van der Waals surface area contributed by atoms with E-state index in [0.29, 0.717) is 12.1 Å². The lowest BCUT2D eigenvalue weighted by Crippen LogP contribution is -2.29. The van der Waals surface area contributed by atoms with Crippen molar-refractivity contribution in [1.82, 2.24) is 19.9 Å². The number of benzene rings is 1. The number of pyridine rings is 1. The first-order valence-electron chi connectivity index (χ1n) is 8.11. The van der Waals surface area contributed by atoms with Crippen molar-refractivity contribution in [2.75, 3.05) is 6.54 Å². The summed E-state index contributed by atoms with van der Waals surface area (Å²) in [5.74, 6) is 0.773. The number of imidazole rings is 1. The molecule has 3 heterocycles. The highest BCUT2D eigenvalue weighted by Gasteiger charge is 2.23. The van der Waals surface area contributed by atoms with Gasteiger partial charge in [0.05, 0.1) is 12.6 Å². The highest BCUT2D eigenvalue weighted by molar-refractivity contribution is 5.71. The van der Waals surface area contributed by atoms with Crippen molar-refractivity contribution in [3.05, 3.63) is 59.8 Å². The molecule has 1 saturated heterocycles. The first kappa shape index (κ1) is 14.3. The lowest BCUT2D eigenvalue weighted by atomic mass is 10.0. The molecule has 0 amide bonds. The van der Waals surface area contributed by atoms with Crippen LogP contribution >= 0.6 is 0 Å². The average Bonchev–Trinajstić information content (AvgIpc) is 2.96. The molecule has 3 aromatic rings. The van der Waals surface area contributed by atoms with Crippen LogP contribution in [0.5, 0.6) is 0 Å². The number of rotatable bonds is 3. The zero-order chi connectivity index (χ0) is 15.6. The van der Waals surface area contributed by atoms with Crippen LogP contribution in [-0.4, -0.2) is 21.1 Å². The van der Waals surface area contributed by atoms with Gasteiger partial charge in [0.1, 0.15) is 17.2 Å². The van der Waals surface area contributed by atoms with Gasteiger partial charge in [-0.2, -0.15) is 0 Å². The van der Waals surface area contributed by atoms with Gasteiger partial charge in [0.2, 0.25) is 0 Å². The molecule has 118 valence electrons. The first-order valence-corrected chi connectivity index (χ1v) is 8.11. The monoisotopic (exact) mass is 310 g/mol. The summed E-state index contributed by atoms with van der Waals surface area (Å²) >= 11 is 0. The van der Waals surface area contributed by atoms with E-state index in [9.17, 15) is 4.39 Å². The van der Waals surface area contributed by atoms with Crippen molar-refractivity contribution in [2.24, 2.45) is 0 Å². The molecule has 1 unspecified atom stereocenters. The van der Waals surface area contributed by atoms with Gasteiger partial charge in [0.15, 0.2) is 5.65 Å². The quantitative estimate of drug-likeness (QED) is 0.806. The molecule has 0 bridgehead atoms. The molecule has 0 saturated carbocycles. The van der Waals surface area contributed by atoms with E-state index in [4.69, 9.17) is 4.98 Å². The van der Waals surface area contributed by atoms with Gasteiger partial charge in [-0.15, -0.1) is 0 Å². The van der Waals surface area contributed by atoms with E-state index in [1.807, 2.05) is 24.3 Å². The third-order valence-electron chi connectivity index (χ3n) is 4.44. The van der Waals surface area contributed by atoms with Gasteiger partial charge < -0.3 is 9.88 Å². The van der Waals surface area contributed by atoms with E-state index in [2.05, 4.69) is 14.9 Å². The minimum Gasteiger partial charge on any atom is -0.307 e. The lowest BCUT2D eigenvalue weighted by Gasteiger charge is -2.24. The molecule has 23 heavy (non-hydrogen) atoms. The second-order valence-corrected chi connectivity index (χ2v) is 6.00. The van der Waals surface area contributed by atoms with Crippen LogP contribution in [0.15, 0.2) is 42.6 Å². The molecule has 1 aromatic carbocycles. The number of hydrogen-bond donors (Lipinski definition) is 1. The van der Waals surface area contributed by atoms with Crippen LogP contribution in [0.2, 0.25) is 0 Å². The fraction of sp³-hybridized carbons (Fsp3) is 0.333. The van der Waals surface area contributed by atoms with Crippen LogP contribution < -0.4 is 5.32 Å². The third kappa shape index (κ3) is 2.72. The molecule has 0 aliphatic carbocycles. The maximum Gasteiger partial charge on any atom is 0.160 e. The maximum atomic E-state index is 14.1. The van der Waals surface area contributed by atoms with E-state index < -0.39 is 0 Å². The minimum atomic E-state index is -0.187. The Labute approximate surface area is 134 Å². The molecule has 1 atom stereocenters. The van der Waals surface area contributed by atoms with Crippen LogP contribution in [0.1, 0.15) is 36.7 Å². The fourth-order valence-corrected chi connectivity index (χ4v) is 3.27. The molecule has 2 aromatic heterocycles. The van der Waals surface area contributed by atoms with Gasteiger partial charge in [-0.1, -0.05) is 24.6 Å². The van der Waals surface area contributed by atoms with Crippen LogP contribution in [0.25, 0.3) is 11.2 Å². The van der Waals surface area contributed by atoms with Crippen LogP contribution in [0.4, 0.5) is 4.39 Å². The average molecular weight is 310 g/mol. The molecule has 1 fully saturated rings. The molecule has 5 heteroatoms. The zero-order valence-electron chi connectivity index (χ0n) is 12.9. The van der Waals surface area contributed by atoms with E-state index in [1.54, 1.807) is 12.3 Å². The number of nitrogens with one attached hydrogen (secondary N) is 1. The number of fused-ring (bicyclic) bond motifs is 1. The highest BCUT2D eigenvalue weighted by atomic mass is 19.1. The highest BCUT2D eigenvalue weighted by Crippen LogP contribution is 2.26. The summed E-state index contributed by atoms with van der Waals surface area (Å²) in [6.45, 7) is 1.45. The van der Waals surface area contributed by atoms with Gasteiger partial charge in [0, 0.05) is 11.8 Å². The Morgan fingerprint density at radius 1 is 1.17 bits per heavy atom. The van der Waals surface area contributed by atoms with Crippen LogP contribution in [0.3, 0.4) is 0 Å². The number of nitrogens with zero attached hydrogens (tertiary/aromatic N) is 3. The molecule has 4 nitrogen and oxygen atoms in total. The summed E-state index contributed by atoms with van der Waals surface area (Å²) in [6.07, 6.45) is 5.21. The van der Waals surface area contributed by atoms with E-state index >= 15 is 0 Å². The Balaban J connectivity index is 1.81. The second-order valence-electron chi connectivity index (χ2n) is 6.00. The predicted molar refractivity (Wildman–Crippen MR) is 87.6 cm³/mol. The van der Waals surface area contributed by atoms with Crippen molar-refractivity contribution in [2.45, 2.75) is 31.8 Å². The fourth-order valence-electron chi connectivity index (χ4n) is 3.27. The minimum absolute atomic E-state index is 0.187. The van der Waals surface area contributed by atoms with Crippen molar-refractivity contribution in [3.8, 4) is 0 Å². The summed E-state index contributed by atoms with van der Waals surface area (Å²) < 4.78 is 16.1. The van der Waals surface area contributed by atoms with Gasteiger partial charge in [-0.3, -0.25) is 0 Å². The number of halogens is 1. The molecular formula is C18H19FN4. The Kier molecular flexibility index (Phi) is 3.79. The SMILES string of the molecule is Fc1ccccc1Cn1c(C2CCCCN2)nc2cccnc21. The van der Waals surface area contributed by atoms with Crippen molar-refractivity contribution in [1.29, 1.82) is 0 Å². The topological polar surface area (TPSA) is 42.7 Å². The molecule has 0 radical (unpaired) electrons. The van der Waals surface area contributed by atoms with E-state index in [0.717, 1.165) is 30.0 Å². The molecule has 1 aliphatic heterocycles. The normalized spacial score (nSPS) is 18.4. The van der Waals surface area contributed by atoms with E-state index in [-0.39, 0.29) is 11.9 Å². The van der Waals surface area contributed by atoms with E-state index in [1.165, 1.54) is 18.9 Å². The summed E-state index contributed by atoms with van der Waals surface area (Å²) in [6, 6.07) is 11.0. The van der Waals surface area contributed by atoms with Gasteiger partial charge in [0.25, 0.3) is 0 Å². The number of aromatic nitrogens is 3. The molecule has 1 aliphatic rings. The smallest absolute Gasteiger partial charge is 0.160 e. The van der Waals surface area contributed by atoms with Gasteiger partial charge in [-0.05, 0) is 37.6 Å².